The Labute approximate surface area is 137 Å². The van der Waals surface area contributed by atoms with Gasteiger partial charge in [0.15, 0.2) is 4.90 Å². The molecule has 0 aliphatic carbocycles. The number of para-hydroxylation sites is 1. The molecule has 11 heteroatoms. The summed E-state index contributed by atoms with van der Waals surface area (Å²) in [6.07, 6.45) is 0. The average molecular weight is 360 g/mol. The summed E-state index contributed by atoms with van der Waals surface area (Å²) in [5.41, 5.74) is -0.698. The summed E-state index contributed by atoms with van der Waals surface area (Å²) in [6.45, 7) is 2.75. The van der Waals surface area contributed by atoms with Crippen molar-refractivity contribution in [2.45, 2.75) is 24.8 Å². The summed E-state index contributed by atoms with van der Waals surface area (Å²) in [5, 5.41) is 11.0. The fourth-order valence-electron chi connectivity index (χ4n) is 1.70. The van der Waals surface area contributed by atoms with Gasteiger partial charge in [0.1, 0.15) is 0 Å². The Morgan fingerprint density at radius 3 is 2.12 bits per heavy atom. The van der Waals surface area contributed by atoms with Gasteiger partial charge in [-0.25, -0.2) is 18.0 Å². The molecule has 0 bridgehead atoms. The molecular formula is C13H16N2O8S. The van der Waals surface area contributed by atoms with Gasteiger partial charge in [-0.15, -0.1) is 0 Å². The zero-order chi connectivity index (χ0) is 18.3. The van der Waals surface area contributed by atoms with Gasteiger partial charge < -0.3 is 9.47 Å². The highest BCUT2D eigenvalue weighted by Gasteiger charge is 2.36. The van der Waals surface area contributed by atoms with Crippen LogP contribution in [-0.2, 0) is 29.1 Å². The number of carbonyl (C=O) groups excluding carboxylic acids is 2. The fraction of sp³-hybridized carbons (Fsp3) is 0.385. The third-order valence-electron chi connectivity index (χ3n) is 2.67. The maximum absolute atomic E-state index is 12.4. The van der Waals surface area contributed by atoms with E-state index in [9.17, 15) is 28.1 Å². The molecule has 1 N–H and O–H groups in total. The van der Waals surface area contributed by atoms with Crippen LogP contribution >= 0.6 is 0 Å². The monoisotopic (exact) mass is 360 g/mol. The van der Waals surface area contributed by atoms with E-state index < -0.39 is 43.5 Å². The van der Waals surface area contributed by atoms with Gasteiger partial charge in [0.25, 0.3) is 5.69 Å². The fourth-order valence-corrected chi connectivity index (χ4v) is 3.00. The van der Waals surface area contributed by atoms with Crippen LogP contribution in [0.1, 0.15) is 13.8 Å². The zero-order valence-electron chi connectivity index (χ0n) is 12.9. The van der Waals surface area contributed by atoms with Gasteiger partial charge in [-0.3, -0.25) is 10.1 Å². The van der Waals surface area contributed by atoms with Gasteiger partial charge >= 0.3 is 11.9 Å². The van der Waals surface area contributed by atoms with Crippen molar-refractivity contribution in [3.05, 3.63) is 34.4 Å². The number of nitrogens with one attached hydrogen (secondary N) is 1. The molecule has 0 spiro atoms. The van der Waals surface area contributed by atoms with E-state index in [0.717, 1.165) is 12.1 Å². The van der Waals surface area contributed by atoms with Gasteiger partial charge in [-0.05, 0) is 19.9 Å². The molecule has 0 aliphatic heterocycles. The van der Waals surface area contributed by atoms with Gasteiger partial charge in [-0.1, -0.05) is 12.1 Å². The van der Waals surface area contributed by atoms with E-state index in [1.165, 1.54) is 26.0 Å². The van der Waals surface area contributed by atoms with Crippen molar-refractivity contribution in [1.82, 2.24) is 4.72 Å². The van der Waals surface area contributed by atoms with Crippen LogP contribution in [0.25, 0.3) is 0 Å². The van der Waals surface area contributed by atoms with Crippen LogP contribution in [0.15, 0.2) is 29.2 Å². The normalized spacial score (nSPS) is 11.1. The van der Waals surface area contributed by atoms with Crippen molar-refractivity contribution in [2.24, 2.45) is 0 Å². The van der Waals surface area contributed by atoms with Crippen molar-refractivity contribution < 1.29 is 32.4 Å². The smallest absolute Gasteiger partial charge is 0.335 e. The average Bonchev–Trinajstić information content (AvgIpc) is 2.53. The third-order valence-corrected chi connectivity index (χ3v) is 4.14. The molecule has 0 amide bonds. The highest BCUT2D eigenvalue weighted by molar-refractivity contribution is 7.89. The molecule has 0 saturated carbocycles. The van der Waals surface area contributed by atoms with Crippen LogP contribution in [0.4, 0.5) is 5.69 Å². The molecule has 1 aromatic carbocycles. The van der Waals surface area contributed by atoms with E-state index in [2.05, 4.69) is 9.47 Å². The van der Waals surface area contributed by atoms with Crippen LogP contribution in [0.2, 0.25) is 0 Å². The number of hydrogen-bond donors (Lipinski definition) is 1. The number of sulfonamides is 1. The van der Waals surface area contributed by atoms with Crippen LogP contribution in [0.3, 0.4) is 0 Å². The number of nitro groups is 1. The number of esters is 2. The van der Waals surface area contributed by atoms with E-state index in [0.29, 0.717) is 0 Å². The lowest BCUT2D eigenvalue weighted by Crippen LogP contribution is -2.48. The molecule has 0 radical (unpaired) electrons. The van der Waals surface area contributed by atoms with Crippen LogP contribution in [0, 0.1) is 10.1 Å². The number of nitro benzene ring substituents is 1. The Bertz CT molecular complexity index is 713. The topological polar surface area (TPSA) is 142 Å². The van der Waals surface area contributed by atoms with Crippen LogP contribution < -0.4 is 4.72 Å². The molecule has 10 nitrogen and oxygen atoms in total. The summed E-state index contributed by atoms with van der Waals surface area (Å²) in [5.74, 6) is -2.34. The molecule has 1 aromatic rings. The Balaban J connectivity index is 3.23. The number of hydrogen-bond acceptors (Lipinski definition) is 8. The predicted octanol–water partition coefficient (Wildman–Crippen LogP) is 0.368. The van der Waals surface area contributed by atoms with Crippen molar-refractivity contribution in [2.75, 3.05) is 13.2 Å². The first-order valence-corrected chi connectivity index (χ1v) is 8.31. The molecule has 0 fully saturated rings. The minimum atomic E-state index is -4.56. The number of benzene rings is 1. The van der Waals surface area contributed by atoms with Crippen molar-refractivity contribution >= 4 is 27.6 Å². The maximum atomic E-state index is 12.4. The molecule has 0 atom stereocenters. The van der Waals surface area contributed by atoms with Crippen LogP contribution in [0.5, 0.6) is 0 Å². The number of nitrogens with zero attached hydrogens (tertiary/aromatic N) is 1. The second kappa shape index (κ2) is 8.36. The van der Waals surface area contributed by atoms with E-state index >= 15 is 0 Å². The van der Waals surface area contributed by atoms with Crippen molar-refractivity contribution in [3.63, 3.8) is 0 Å². The largest absolute Gasteiger partial charge is 0.464 e. The molecule has 0 saturated heterocycles. The highest BCUT2D eigenvalue weighted by Crippen LogP contribution is 2.23. The molecular weight excluding hydrogens is 344 g/mol. The lowest BCUT2D eigenvalue weighted by Gasteiger charge is -2.16. The van der Waals surface area contributed by atoms with E-state index in [4.69, 9.17) is 0 Å². The Morgan fingerprint density at radius 2 is 1.67 bits per heavy atom. The minimum Gasteiger partial charge on any atom is -0.464 e. The quantitative estimate of drug-likeness (QED) is 0.303. The summed E-state index contributed by atoms with van der Waals surface area (Å²) in [4.78, 5) is 33.0. The summed E-state index contributed by atoms with van der Waals surface area (Å²) in [6, 6.07) is 2.55. The van der Waals surface area contributed by atoms with E-state index in [1.54, 1.807) is 4.72 Å². The number of carbonyl (C=O) groups is 2. The highest BCUT2D eigenvalue weighted by atomic mass is 32.2. The molecule has 24 heavy (non-hydrogen) atoms. The second-order valence-corrected chi connectivity index (χ2v) is 5.97. The molecule has 132 valence electrons. The van der Waals surface area contributed by atoms with Gasteiger partial charge in [0, 0.05) is 6.07 Å². The maximum Gasteiger partial charge on any atom is 0.335 e. The SMILES string of the molecule is CCOC(=O)C(NS(=O)(=O)c1ccccc1[N+](=O)[O-])C(=O)OCC. The van der Waals surface area contributed by atoms with Gasteiger partial charge in [0.2, 0.25) is 16.1 Å². The summed E-state index contributed by atoms with van der Waals surface area (Å²) < 4.78 is 35.8. The standard InChI is InChI=1S/C13H16N2O8S/c1-3-22-12(16)11(13(17)23-4-2)14-24(20,21)10-8-6-5-7-9(10)15(18)19/h5-8,11,14H,3-4H2,1-2H3. The first-order valence-electron chi connectivity index (χ1n) is 6.83. The Morgan fingerprint density at radius 1 is 1.17 bits per heavy atom. The lowest BCUT2D eigenvalue weighted by molar-refractivity contribution is -0.387. The summed E-state index contributed by atoms with van der Waals surface area (Å²) >= 11 is 0. The third kappa shape index (κ3) is 4.73. The lowest BCUT2D eigenvalue weighted by atomic mass is 10.3. The van der Waals surface area contributed by atoms with E-state index in [-0.39, 0.29) is 13.2 Å². The Hall–Kier alpha value is -2.53. The van der Waals surface area contributed by atoms with Crippen LogP contribution in [-0.4, -0.2) is 44.5 Å². The first kappa shape index (κ1) is 19.5. The number of rotatable bonds is 8. The molecule has 0 unspecified atom stereocenters. The predicted molar refractivity (Wildman–Crippen MR) is 80.5 cm³/mol. The molecule has 0 aliphatic rings. The second-order valence-electron chi connectivity index (χ2n) is 4.28. The molecule has 0 aromatic heterocycles. The zero-order valence-corrected chi connectivity index (χ0v) is 13.7. The first-order chi connectivity index (χ1) is 11.2. The van der Waals surface area contributed by atoms with Crippen molar-refractivity contribution in [1.29, 1.82) is 0 Å². The summed E-state index contributed by atoms with van der Waals surface area (Å²) in [7, 11) is -4.56. The van der Waals surface area contributed by atoms with Gasteiger partial charge in [-0.2, -0.15) is 4.72 Å². The van der Waals surface area contributed by atoms with Gasteiger partial charge in [0.05, 0.1) is 18.1 Å². The molecule has 1 rings (SSSR count). The molecule has 0 heterocycles. The van der Waals surface area contributed by atoms with E-state index in [1.807, 2.05) is 0 Å². The Kier molecular flexibility index (Phi) is 6.80. The minimum absolute atomic E-state index is 0.0953. The number of ether oxygens (including phenoxy) is 2. The van der Waals surface area contributed by atoms with Crippen molar-refractivity contribution in [3.8, 4) is 0 Å².